The molecule has 17 atom stereocenters. The molecule has 1 amide bonds. The third-order valence-corrected chi connectivity index (χ3v) is 17.7. The summed E-state index contributed by atoms with van der Waals surface area (Å²) in [6.45, 7) is 1.74. The Labute approximate surface area is 530 Å². The first kappa shape index (κ1) is 80.2. The average molecular weight is 1260 g/mol. The Bertz CT molecular complexity index is 1740. The van der Waals surface area contributed by atoms with Gasteiger partial charge in [0.2, 0.25) is 5.91 Å². The minimum Gasteiger partial charge on any atom is -0.394 e. The van der Waals surface area contributed by atoms with Crippen LogP contribution in [0, 0.1) is 0 Å². The topological polar surface area (TPSA) is 307 Å². The SMILES string of the molecule is CCCCCCC/C=C\C/C=C\CCCCCCCCCCCCCCCC(=O)NC(COC1OC(CO)C(OC2OC(CO)C(OC3OC(CO)C(O)C(O)C3O)C(O)C2O)C(O)C1O)C(O)/C=C/CCCCCCCCCCCCCCCCCC. The molecule has 0 saturated carbocycles. The van der Waals surface area contributed by atoms with Crippen molar-refractivity contribution in [3.63, 3.8) is 0 Å². The number of allylic oxidation sites excluding steroid dienone is 5. The highest BCUT2D eigenvalue weighted by atomic mass is 16.8. The molecule has 19 heteroatoms. The van der Waals surface area contributed by atoms with E-state index in [1.807, 2.05) is 6.08 Å². The van der Waals surface area contributed by atoms with E-state index in [1.54, 1.807) is 6.08 Å². The highest BCUT2D eigenvalue weighted by Crippen LogP contribution is 2.33. The van der Waals surface area contributed by atoms with E-state index in [0.717, 1.165) is 51.4 Å². The standard InChI is InChI=1S/C69H127NO18/c1-3-5-7-9-11-13-15-17-19-21-23-24-25-26-27-28-29-31-33-35-37-39-41-43-45-47-57(75)70-52(53(74)46-44-42-40-38-36-34-32-30-22-20-18-16-14-12-10-8-6-4-2)51-83-67-63(81)60(78)65(55(49-72)85-67)88-69-64(82)61(79)66(56(50-73)86-69)87-68-62(80)59(77)58(76)54(48-71)84-68/h15,17,21,23,44,46,52-56,58-69,71-74,76-82H,3-14,16,18-20,22,24-43,45,47-51H2,1-2H3,(H,70,75)/b17-15-,23-21-,46-44+. The summed E-state index contributed by atoms with van der Waals surface area (Å²) in [5.74, 6) is -0.274. The van der Waals surface area contributed by atoms with E-state index in [2.05, 4.69) is 43.5 Å². The number of hydrogen-bond acceptors (Lipinski definition) is 18. The van der Waals surface area contributed by atoms with Gasteiger partial charge in [-0.2, -0.15) is 0 Å². The number of aliphatic hydroxyl groups excluding tert-OH is 11. The molecule has 0 aromatic carbocycles. The van der Waals surface area contributed by atoms with Crippen LogP contribution in [0.4, 0.5) is 0 Å². The van der Waals surface area contributed by atoms with Crippen LogP contribution >= 0.6 is 0 Å². The van der Waals surface area contributed by atoms with Crippen LogP contribution in [0.15, 0.2) is 36.5 Å². The molecule has 19 nitrogen and oxygen atoms in total. The van der Waals surface area contributed by atoms with E-state index in [4.69, 9.17) is 28.4 Å². The van der Waals surface area contributed by atoms with Gasteiger partial charge in [-0.3, -0.25) is 4.79 Å². The first-order valence-electron chi connectivity index (χ1n) is 35.2. The Morgan fingerprint density at radius 1 is 0.409 bits per heavy atom. The van der Waals surface area contributed by atoms with Crippen molar-refractivity contribution in [3.8, 4) is 0 Å². The summed E-state index contributed by atoms with van der Waals surface area (Å²) >= 11 is 0. The Kier molecular flexibility index (Phi) is 46.9. The van der Waals surface area contributed by atoms with Gasteiger partial charge in [0.15, 0.2) is 18.9 Å². The average Bonchev–Trinajstić information content (AvgIpc) is 3.70. The first-order valence-corrected chi connectivity index (χ1v) is 35.2. The van der Waals surface area contributed by atoms with Gasteiger partial charge >= 0.3 is 0 Å². The van der Waals surface area contributed by atoms with E-state index < -0.39 is 124 Å². The number of carbonyl (C=O) groups excluding carboxylic acids is 1. The molecule has 3 aliphatic rings. The maximum atomic E-state index is 13.4. The van der Waals surface area contributed by atoms with Gasteiger partial charge in [-0.25, -0.2) is 0 Å². The maximum absolute atomic E-state index is 13.4. The second-order valence-electron chi connectivity index (χ2n) is 25.3. The molecular weight excluding hydrogens is 1130 g/mol. The van der Waals surface area contributed by atoms with E-state index in [-0.39, 0.29) is 18.9 Å². The number of rotatable bonds is 54. The minimum atomic E-state index is -1.98. The zero-order chi connectivity index (χ0) is 64.0. The fourth-order valence-corrected chi connectivity index (χ4v) is 11.9. The van der Waals surface area contributed by atoms with E-state index in [9.17, 15) is 61.0 Å². The molecule has 3 heterocycles. The van der Waals surface area contributed by atoms with E-state index >= 15 is 0 Å². The number of ether oxygens (including phenoxy) is 6. The molecule has 0 aromatic rings. The van der Waals surface area contributed by atoms with Gasteiger partial charge < -0.3 is 89.9 Å². The summed E-state index contributed by atoms with van der Waals surface area (Å²) in [7, 11) is 0. The van der Waals surface area contributed by atoms with Crippen molar-refractivity contribution >= 4 is 5.91 Å². The van der Waals surface area contributed by atoms with Crippen molar-refractivity contribution in [1.82, 2.24) is 5.32 Å². The number of amides is 1. The molecule has 0 aliphatic carbocycles. The molecule has 17 unspecified atom stereocenters. The molecular formula is C69H127NO18. The van der Waals surface area contributed by atoms with Crippen molar-refractivity contribution in [2.45, 2.75) is 369 Å². The summed E-state index contributed by atoms with van der Waals surface area (Å²) in [6, 6.07) is -0.973. The normalized spacial score (nSPS) is 28.6. The smallest absolute Gasteiger partial charge is 0.220 e. The third kappa shape index (κ3) is 33.2. The number of hydrogen-bond donors (Lipinski definition) is 12. The largest absolute Gasteiger partial charge is 0.394 e. The van der Waals surface area contributed by atoms with Gasteiger partial charge in [0.25, 0.3) is 0 Å². The summed E-state index contributed by atoms with van der Waals surface area (Å²) < 4.78 is 34.4. The van der Waals surface area contributed by atoms with Gasteiger partial charge in [-0.1, -0.05) is 243 Å². The molecule has 516 valence electrons. The lowest BCUT2D eigenvalue weighted by molar-refractivity contribution is -0.379. The fraction of sp³-hybridized carbons (Fsp3) is 0.899. The lowest BCUT2D eigenvalue weighted by Crippen LogP contribution is -2.66. The number of unbranched alkanes of at least 4 members (excludes halogenated alkanes) is 34. The van der Waals surface area contributed by atoms with Crippen LogP contribution in [0.1, 0.15) is 264 Å². The number of aliphatic hydroxyl groups is 11. The van der Waals surface area contributed by atoms with Crippen LogP contribution in [0.2, 0.25) is 0 Å². The van der Waals surface area contributed by atoms with Crippen molar-refractivity contribution in [2.24, 2.45) is 0 Å². The van der Waals surface area contributed by atoms with Gasteiger partial charge in [0.05, 0.1) is 38.6 Å². The molecule has 3 fully saturated rings. The minimum absolute atomic E-state index is 0.244. The number of nitrogens with one attached hydrogen (secondary N) is 1. The Hall–Kier alpha value is -1.99. The predicted octanol–water partition coefficient (Wildman–Crippen LogP) is 9.22. The lowest BCUT2D eigenvalue weighted by atomic mass is 9.96. The predicted molar refractivity (Wildman–Crippen MR) is 342 cm³/mol. The molecule has 0 aromatic heterocycles. The first-order chi connectivity index (χ1) is 42.8. The van der Waals surface area contributed by atoms with Gasteiger partial charge in [0, 0.05) is 6.42 Å². The van der Waals surface area contributed by atoms with Crippen LogP contribution in [-0.2, 0) is 33.2 Å². The molecule has 12 N–H and O–H groups in total. The Morgan fingerprint density at radius 3 is 1.16 bits per heavy atom. The van der Waals surface area contributed by atoms with Crippen molar-refractivity contribution in [2.75, 3.05) is 26.4 Å². The van der Waals surface area contributed by atoms with Crippen LogP contribution in [0.3, 0.4) is 0 Å². The van der Waals surface area contributed by atoms with E-state index in [1.165, 1.54) is 186 Å². The van der Waals surface area contributed by atoms with Crippen LogP contribution in [-0.4, -0.2) is 193 Å². The summed E-state index contributed by atoms with van der Waals surface area (Å²) in [5, 5.41) is 121. The van der Waals surface area contributed by atoms with Crippen LogP contribution in [0.25, 0.3) is 0 Å². The molecule has 88 heavy (non-hydrogen) atoms. The molecule has 3 aliphatic heterocycles. The summed E-state index contributed by atoms with van der Waals surface area (Å²) in [6.07, 6.45) is 32.5. The van der Waals surface area contributed by atoms with Gasteiger partial charge in [-0.15, -0.1) is 0 Å². The van der Waals surface area contributed by atoms with Gasteiger partial charge in [-0.05, 0) is 51.4 Å². The van der Waals surface area contributed by atoms with Crippen molar-refractivity contribution < 1.29 is 89.4 Å². The van der Waals surface area contributed by atoms with Crippen molar-refractivity contribution in [3.05, 3.63) is 36.5 Å². The molecule has 3 rings (SSSR count). The second-order valence-corrected chi connectivity index (χ2v) is 25.3. The van der Waals surface area contributed by atoms with Crippen LogP contribution in [0.5, 0.6) is 0 Å². The summed E-state index contributed by atoms with van der Waals surface area (Å²) in [5.41, 5.74) is 0. The second kappa shape index (κ2) is 51.4. The Morgan fingerprint density at radius 2 is 0.750 bits per heavy atom. The van der Waals surface area contributed by atoms with Crippen molar-refractivity contribution in [1.29, 1.82) is 0 Å². The highest BCUT2D eigenvalue weighted by Gasteiger charge is 2.53. The fourth-order valence-electron chi connectivity index (χ4n) is 11.9. The quantitative estimate of drug-likeness (QED) is 0.0199. The molecule has 3 saturated heterocycles. The maximum Gasteiger partial charge on any atom is 0.220 e. The molecule has 0 radical (unpaired) electrons. The third-order valence-electron chi connectivity index (χ3n) is 17.7. The van der Waals surface area contributed by atoms with Crippen LogP contribution < -0.4 is 5.32 Å². The highest BCUT2D eigenvalue weighted by molar-refractivity contribution is 5.76. The Balaban J connectivity index is 1.43. The monoisotopic (exact) mass is 1260 g/mol. The van der Waals surface area contributed by atoms with Gasteiger partial charge in [0.1, 0.15) is 73.2 Å². The summed E-state index contributed by atoms with van der Waals surface area (Å²) in [4.78, 5) is 13.4. The molecule has 0 bridgehead atoms. The number of carbonyl (C=O) groups is 1. The lowest BCUT2D eigenvalue weighted by Gasteiger charge is -2.48. The zero-order valence-electron chi connectivity index (χ0n) is 54.5. The molecule has 0 spiro atoms. The zero-order valence-corrected chi connectivity index (χ0v) is 54.5. The van der Waals surface area contributed by atoms with E-state index in [0.29, 0.717) is 6.42 Å².